The highest BCUT2D eigenvalue weighted by Crippen LogP contribution is 2.19. The van der Waals surface area contributed by atoms with Crippen LogP contribution in [0.5, 0.6) is 0 Å². The summed E-state index contributed by atoms with van der Waals surface area (Å²) < 4.78 is 44.5. The van der Waals surface area contributed by atoms with Crippen molar-refractivity contribution < 1.29 is 27.5 Å². The number of rotatable bonds is 4. The van der Waals surface area contributed by atoms with E-state index < -0.39 is 35.2 Å². The summed E-state index contributed by atoms with van der Waals surface area (Å²) in [6.45, 7) is 0.146. The Balaban J connectivity index is 1.95. The Labute approximate surface area is 125 Å². The lowest BCUT2D eigenvalue weighted by atomic mass is 10.2. The van der Waals surface area contributed by atoms with Crippen molar-refractivity contribution in [3.05, 3.63) is 29.6 Å². The predicted molar refractivity (Wildman–Crippen MR) is 71.6 cm³/mol. The van der Waals surface area contributed by atoms with Crippen molar-refractivity contribution in [1.82, 2.24) is 4.90 Å². The summed E-state index contributed by atoms with van der Waals surface area (Å²) in [5.41, 5.74) is -0.484. The standard InChI is InChI=1S/C14H15F3N2O3/c1-19(14(21)10-3-2-6-22-10)7-11(20)18-9-5-4-8(15)12(16)13(9)17/h4-5,10H,2-3,6-7H2,1H3,(H,18,20)/t10-/m0/s1. The summed E-state index contributed by atoms with van der Waals surface area (Å²) in [7, 11) is 1.41. The Morgan fingerprint density at radius 2 is 2.05 bits per heavy atom. The number of hydrogen-bond acceptors (Lipinski definition) is 3. The smallest absolute Gasteiger partial charge is 0.251 e. The van der Waals surface area contributed by atoms with Crippen molar-refractivity contribution in [2.24, 2.45) is 0 Å². The van der Waals surface area contributed by atoms with Gasteiger partial charge in [-0.2, -0.15) is 0 Å². The molecule has 2 rings (SSSR count). The van der Waals surface area contributed by atoms with Gasteiger partial charge < -0.3 is 15.0 Å². The summed E-state index contributed by atoms with van der Waals surface area (Å²) in [6.07, 6.45) is 0.789. The van der Waals surface area contributed by atoms with Gasteiger partial charge in [-0.3, -0.25) is 9.59 Å². The third-order valence-electron chi connectivity index (χ3n) is 3.27. The second-order valence-corrected chi connectivity index (χ2v) is 4.97. The Morgan fingerprint density at radius 3 is 2.68 bits per heavy atom. The first-order chi connectivity index (χ1) is 10.4. The molecule has 0 aliphatic carbocycles. The maximum atomic E-state index is 13.4. The van der Waals surface area contributed by atoms with Gasteiger partial charge in [0.1, 0.15) is 6.10 Å². The zero-order valence-electron chi connectivity index (χ0n) is 11.9. The van der Waals surface area contributed by atoms with Gasteiger partial charge >= 0.3 is 0 Å². The number of nitrogens with one attached hydrogen (secondary N) is 1. The molecular weight excluding hydrogens is 301 g/mol. The largest absolute Gasteiger partial charge is 0.368 e. The quantitative estimate of drug-likeness (QED) is 0.860. The van der Waals surface area contributed by atoms with Crippen LogP contribution in [0, 0.1) is 17.5 Å². The van der Waals surface area contributed by atoms with E-state index >= 15 is 0 Å². The fraction of sp³-hybridized carbons (Fsp3) is 0.429. The van der Waals surface area contributed by atoms with E-state index in [0.29, 0.717) is 19.1 Å². The second-order valence-electron chi connectivity index (χ2n) is 4.97. The molecule has 0 saturated carbocycles. The first-order valence-corrected chi connectivity index (χ1v) is 6.70. The van der Waals surface area contributed by atoms with Crippen molar-refractivity contribution in [2.45, 2.75) is 18.9 Å². The molecule has 8 heteroatoms. The second kappa shape index (κ2) is 6.78. The molecule has 1 aromatic carbocycles. The molecule has 1 heterocycles. The van der Waals surface area contributed by atoms with Crippen LogP contribution in [0.4, 0.5) is 18.9 Å². The van der Waals surface area contributed by atoms with E-state index in [-0.39, 0.29) is 12.5 Å². The molecule has 120 valence electrons. The summed E-state index contributed by atoms with van der Waals surface area (Å²) in [6, 6.07) is 1.61. The number of ether oxygens (including phenoxy) is 1. The molecule has 5 nitrogen and oxygen atoms in total. The Hall–Kier alpha value is -2.09. The van der Waals surface area contributed by atoms with Gasteiger partial charge in [0, 0.05) is 13.7 Å². The van der Waals surface area contributed by atoms with Crippen molar-refractivity contribution in [3.63, 3.8) is 0 Å². The van der Waals surface area contributed by atoms with E-state index in [1.807, 2.05) is 0 Å². The van der Waals surface area contributed by atoms with E-state index in [1.165, 1.54) is 7.05 Å². The third kappa shape index (κ3) is 3.56. The van der Waals surface area contributed by atoms with E-state index in [4.69, 9.17) is 4.74 Å². The number of amides is 2. The van der Waals surface area contributed by atoms with Crippen molar-refractivity contribution in [3.8, 4) is 0 Å². The van der Waals surface area contributed by atoms with Gasteiger partial charge in [-0.15, -0.1) is 0 Å². The number of hydrogen-bond donors (Lipinski definition) is 1. The molecule has 22 heavy (non-hydrogen) atoms. The zero-order chi connectivity index (χ0) is 16.3. The van der Waals surface area contributed by atoms with Gasteiger partial charge in [-0.05, 0) is 25.0 Å². The molecular formula is C14H15F3N2O3. The Morgan fingerprint density at radius 1 is 1.32 bits per heavy atom. The molecule has 0 bridgehead atoms. The van der Waals surface area contributed by atoms with Crippen LogP contribution < -0.4 is 5.32 Å². The molecule has 1 aliphatic rings. The summed E-state index contributed by atoms with van der Waals surface area (Å²) in [5.74, 6) is -5.57. The Bertz CT molecular complexity index is 589. The molecule has 0 spiro atoms. The Kier molecular flexibility index (Phi) is 5.02. The van der Waals surface area contributed by atoms with Crippen LogP contribution in [0.25, 0.3) is 0 Å². The average Bonchev–Trinajstić information content (AvgIpc) is 3.01. The molecule has 0 aromatic heterocycles. The van der Waals surface area contributed by atoms with E-state index in [1.54, 1.807) is 0 Å². The average molecular weight is 316 g/mol. The monoisotopic (exact) mass is 316 g/mol. The van der Waals surface area contributed by atoms with Crippen LogP contribution in [0.1, 0.15) is 12.8 Å². The van der Waals surface area contributed by atoms with Crippen LogP contribution in [-0.4, -0.2) is 43.0 Å². The van der Waals surface area contributed by atoms with Crippen molar-refractivity contribution in [1.29, 1.82) is 0 Å². The fourth-order valence-electron chi connectivity index (χ4n) is 2.12. The van der Waals surface area contributed by atoms with Crippen LogP contribution in [0.3, 0.4) is 0 Å². The predicted octanol–water partition coefficient (Wildman–Crippen LogP) is 1.68. The van der Waals surface area contributed by atoms with E-state index in [0.717, 1.165) is 17.4 Å². The third-order valence-corrected chi connectivity index (χ3v) is 3.27. The fourth-order valence-corrected chi connectivity index (χ4v) is 2.12. The lowest BCUT2D eigenvalue weighted by molar-refractivity contribution is -0.141. The summed E-state index contributed by atoms with van der Waals surface area (Å²) in [5, 5.41) is 2.10. The lowest BCUT2D eigenvalue weighted by Crippen LogP contribution is -2.40. The van der Waals surface area contributed by atoms with Crippen LogP contribution >= 0.6 is 0 Å². The first-order valence-electron chi connectivity index (χ1n) is 6.70. The maximum Gasteiger partial charge on any atom is 0.251 e. The van der Waals surface area contributed by atoms with Gasteiger partial charge in [0.25, 0.3) is 5.91 Å². The van der Waals surface area contributed by atoms with Gasteiger partial charge in [0.05, 0.1) is 12.2 Å². The number of nitrogens with zero attached hydrogens (tertiary/aromatic N) is 1. The van der Waals surface area contributed by atoms with E-state index in [9.17, 15) is 22.8 Å². The molecule has 0 radical (unpaired) electrons. The topological polar surface area (TPSA) is 58.6 Å². The normalized spacial score (nSPS) is 17.4. The molecule has 1 aromatic rings. The number of anilines is 1. The van der Waals surface area contributed by atoms with Gasteiger partial charge in [0.15, 0.2) is 17.5 Å². The number of halogens is 3. The molecule has 1 N–H and O–H groups in total. The minimum Gasteiger partial charge on any atom is -0.368 e. The highest BCUT2D eigenvalue weighted by molar-refractivity contribution is 5.95. The number of carbonyl (C=O) groups is 2. The molecule has 1 saturated heterocycles. The van der Waals surface area contributed by atoms with Gasteiger partial charge in [-0.1, -0.05) is 0 Å². The summed E-state index contributed by atoms with van der Waals surface area (Å²) in [4.78, 5) is 24.8. The number of likely N-dealkylation sites (N-methyl/N-ethyl adjacent to an activating group) is 1. The molecule has 0 unspecified atom stereocenters. The highest BCUT2D eigenvalue weighted by Gasteiger charge is 2.27. The summed E-state index contributed by atoms with van der Waals surface area (Å²) >= 11 is 0. The molecule has 2 amide bonds. The number of carbonyl (C=O) groups excluding carboxylic acids is 2. The molecule has 1 fully saturated rings. The SMILES string of the molecule is CN(CC(=O)Nc1ccc(F)c(F)c1F)C(=O)[C@@H]1CCCO1. The minimum atomic E-state index is -1.67. The lowest BCUT2D eigenvalue weighted by Gasteiger charge is -2.20. The molecule has 1 aliphatic heterocycles. The van der Waals surface area contributed by atoms with Gasteiger partial charge in [-0.25, -0.2) is 13.2 Å². The van der Waals surface area contributed by atoms with Crippen molar-refractivity contribution in [2.75, 3.05) is 25.5 Å². The zero-order valence-corrected chi connectivity index (χ0v) is 11.9. The van der Waals surface area contributed by atoms with Crippen LogP contribution in [0.2, 0.25) is 0 Å². The van der Waals surface area contributed by atoms with Crippen molar-refractivity contribution >= 4 is 17.5 Å². The first kappa shape index (κ1) is 16.3. The minimum absolute atomic E-state index is 0.349. The maximum absolute atomic E-state index is 13.4. The van der Waals surface area contributed by atoms with Crippen LogP contribution in [-0.2, 0) is 14.3 Å². The van der Waals surface area contributed by atoms with E-state index in [2.05, 4.69) is 5.32 Å². The number of benzene rings is 1. The highest BCUT2D eigenvalue weighted by atomic mass is 19.2. The molecule has 1 atom stereocenters. The van der Waals surface area contributed by atoms with Crippen LogP contribution in [0.15, 0.2) is 12.1 Å². The van der Waals surface area contributed by atoms with Gasteiger partial charge in [0.2, 0.25) is 5.91 Å².